The van der Waals surface area contributed by atoms with Crippen LogP contribution in [0, 0.1) is 12.7 Å². The lowest BCUT2D eigenvalue weighted by Crippen LogP contribution is -2.08. The lowest BCUT2D eigenvalue weighted by molar-refractivity contribution is 0.627. The SMILES string of the molecule is Cc1cc(F)cc(-c2nc(-c3ccccc3)cc(=O)[nH]2)c1. The third-order valence-electron chi connectivity index (χ3n) is 3.13. The van der Waals surface area contributed by atoms with Crippen molar-refractivity contribution in [3.05, 3.63) is 76.3 Å². The molecule has 0 amide bonds. The molecule has 0 unspecified atom stereocenters. The minimum atomic E-state index is -0.349. The standard InChI is InChI=1S/C17H13FN2O/c1-11-7-13(9-14(18)8-11)17-19-15(10-16(21)20-17)12-5-3-2-4-6-12/h2-10H,1H3,(H,19,20,21). The van der Waals surface area contributed by atoms with Crippen LogP contribution in [-0.4, -0.2) is 9.97 Å². The number of rotatable bonds is 2. The topological polar surface area (TPSA) is 45.8 Å². The number of nitrogens with one attached hydrogen (secondary N) is 1. The molecule has 1 N–H and O–H groups in total. The number of nitrogens with zero attached hydrogens (tertiary/aromatic N) is 1. The molecule has 4 heteroatoms. The monoisotopic (exact) mass is 280 g/mol. The number of H-pyrrole nitrogens is 1. The molecular weight excluding hydrogens is 267 g/mol. The van der Waals surface area contributed by atoms with Crippen LogP contribution in [0.4, 0.5) is 4.39 Å². The molecule has 0 bridgehead atoms. The van der Waals surface area contributed by atoms with Gasteiger partial charge < -0.3 is 4.98 Å². The summed E-state index contributed by atoms with van der Waals surface area (Å²) in [5, 5.41) is 0. The first-order chi connectivity index (χ1) is 10.1. The molecule has 104 valence electrons. The Bertz CT molecular complexity index is 821. The number of benzene rings is 2. The van der Waals surface area contributed by atoms with Gasteiger partial charge >= 0.3 is 0 Å². The van der Waals surface area contributed by atoms with Crippen molar-refractivity contribution >= 4 is 0 Å². The van der Waals surface area contributed by atoms with Crippen LogP contribution in [0.5, 0.6) is 0 Å². The van der Waals surface area contributed by atoms with E-state index in [2.05, 4.69) is 9.97 Å². The third-order valence-corrected chi connectivity index (χ3v) is 3.13. The van der Waals surface area contributed by atoms with E-state index in [-0.39, 0.29) is 11.4 Å². The number of aryl methyl sites for hydroxylation is 1. The highest BCUT2D eigenvalue weighted by molar-refractivity contribution is 5.63. The molecule has 21 heavy (non-hydrogen) atoms. The van der Waals surface area contributed by atoms with Crippen molar-refractivity contribution in [1.29, 1.82) is 0 Å². The van der Waals surface area contributed by atoms with Gasteiger partial charge in [0.25, 0.3) is 5.56 Å². The first-order valence-electron chi connectivity index (χ1n) is 6.56. The van der Waals surface area contributed by atoms with E-state index in [0.717, 1.165) is 11.1 Å². The average Bonchev–Trinajstić information content (AvgIpc) is 2.46. The Labute approximate surface area is 121 Å². The molecule has 1 aromatic heterocycles. The summed E-state index contributed by atoms with van der Waals surface area (Å²) in [5.74, 6) is 0.0155. The Morgan fingerprint density at radius 1 is 1.00 bits per heavy atom. The summed E-state index contributed by atoms with van der Waals surface area (Å²) in [5.41, 5.74) is 2.48. The molecule has 3 rings (SSSR count). The summed E-state index contributed by atoms with van der Waals surface area (Å²) >= 11 is 0. The zero-order valence-electron chi connectivity index (χ0n) is 11.4. The summed E-state index contributed by atoms with van der Waals surface area (Å²) in [7, 11) is 0. The fourth-order valence-corrected chi connectivity index (χ4v) is 2.22. The molecule has 0 aliphatic carbocycles. The molecule has 1 heterocycles. The predicted octanol–water partition coefficient (Wildman–Crippen LogP) is 3.55. The molecule has 2 aromatic carbocycles. The molecule has 3 nitrogen and oxygen atoms in total. The quantitative estimate of drug-likeness (QED) is 0.780. The van der Waals surface area contributed by atoms with Gasteiger partial charge in [0, 0.05) is 17.2 Å². The average molecular weight is 280 g/mol. The van der Waals surface area contributed by atoms with Gasteiger partial charge in [0.2, 0.25) is 0 Å². The molecule has 0 aliphatic heterocycles. The van der Waals surface area contributed by atoms with Crippen LogP contribution in [0.15, 0.2) is 59.4 Å². The van der Waals surface area contributed by atoms with Gasteiger partial charge in [-0.15, -0.1) is 0 Å². The Morgan fingerprint density at radius 3 is 2.48 bits per heavy atom. The summed E-state index contributed by atoms with van der Waals surface area (Å²) in [6.07, 6.45) is 0. The van der Waals surface area contributed by atoms with E-state index in [9.17, 15) is 9.18 Å². The van der Waals surface area contributed by atoms with Crippen LogP contribution >= 0.6 is 0 Å². The van der Waals surface area contributed by atoms with Crippen LogP contribution in [-0.2, 0) is 0 Å². The van der Waals surface area contributed by atoms with Gasteiger partial charge in [0.1, 0.15) is 11.6 Å². The van der Waals surface area contributed by atoms with E-state index >= 15 is 0 Å². The van der Waals surface area contributed by atoms with Crippen LogP contribution < -0.4 is 5.56 Å². The van der Waals surface area contributed by atoms with E-state index in [1.54, 1.807) is 13.0 Å². The Kier molecular flexibility index (Phi) is 3.36. The minimum Gasteiger partial charge on any atom is -0.306 e. The van der Waals surface area contributed by atoms with Crippen molar-refractivity contribution in [3.63, 3.8) is 0 Å². The van der Waals surface area contributed by atoms with E-state index in [1.807, 2.05) is 30.3 Å². The molecule has 0 saturated carbocycles. The summed E-state index contributed by atoms with van der Waals surface area (Å²) in [4.78, 5) is 18.9. The fraction of sp³-hybridized carbons (Fsp3) is 0.0588. The van der Waals surface area contributed by atoms with Gasteiger partial charge in [-0.2, -0.15) is 0 Å². The number of hydrogen-bond acceptors (Lipinski definition) is 2. The summed E-state index contributed by atoms with van der Waals surface area (Å²) < 4.78 is 13.5. The van der Waals surface area contributed by atoms with Crippen molar-refractivity contribution in [2.45, 2.75) is 6.92 Å². The van der Waals surface area contributed by atoms with E-state index in [1.165, 1.54) is 18.2 Å². The maximum atomic E-state index is 13.5. The van der Waals surface area contributed by atoms with Gasteiger partial charge in [-0.3, -0.25) is 4.79 Å². The molecule has 3 aromatic rings. The molecule has 0 spiro atoms. The molecule has 0 saturated heterocycles. The minimum absolute atomic E-state index is 0.263. The van der Waals surface area contributed by atoms with Crippen molar-refractivity contribution in [2.24, 2.45) is 0 Å². The molecule has 0 atom stereocenters. The number of halogens is 1. The second kappa shape index (κ2) is 5.32. The Morgan fingerprint density at radius 2 is 1.76 bits per heavy atom. The van der Waals surface area contributed by atoms with Crippen LogP contribution in [0.3, 0.4) is 0 Å². The zero-order valence-corrected chi connectivity index (χ0v) is 11.4. The largest absolute Gasteiger partial charge is 0.306 e. The zero-order chi connectivity index (χ0) is 14.8. The summed E-state index contributed by atoms with van der Waals surface area (Å²) in [6, 6.07) is 15.4. The first-order valence-corrected chi connectivity index (χ1v) is 6.56. The maximum Gasteiger partial charge on any atom is 0.251 e. The van der Waals surface area contributed by atoms with Crippen molar-refractivity contribution < 1.29 is 4.39 Å². The summed E-state index contributed by atoms with van der Waals surface area (Å²) in [6.45, 7) is 1.80. The number of aromatic amines is 1. The van der Waals surface area contributed by atoms with Gasteiger partial charge in [0.15, 0.2) is 0 Å². The molecule has 0 fully saturated rings. The lowest BCUT2D eigenvalue weighted by atomic mass is 10.1. The van der Waals surface area contributed by atoms with Gasteiger partial charge in [-0.1, -0.05) is 30.3 Å². The molecule has 0 aliphatic rings. The second-order valence-electron chi connectivity index (χ2n) is 4.86. The van der Waals surface area contributed by atoms with Crippen molar-refractivity contribution in [2.75, 3.05) is 0 Å². The first kappa shape index (κ1) is 13.2. The lowest BCUT2D eigenvalue weighted by Gasteiger charge is -2.06. The maximum absolute atomic E-state index is 13.5. The van der Waals surface area contributed by atoms with Crippen molar-refractivity contribution in [3.8, 4) is 22.6 Å². The number of hydrogen-bond donors (Lipinski definition) is 1. The van der Waals surface area contributed by atoms with E-state index in [4.69, 9.17) is 0 Å². The molecular formula is C17H13FN2O. The van der Waals surface area contributed by atoms with Crippen molar-refractivity contribution in [1.82, 2.24) is 9.97 Å². The van der Waals surface area contributed by atoms with E-state index in [0.29, 0.717) is 17.1 Å². The van der Waals surface area contributed by atoms with Gasteiger partial charge in [0.05, 0.1) is 5.69 Å². The van der Waals surface area contributed by atoms with Crippen LogP contribution in [0.25, 0.3) is 22.6 Å². The Hall–Kier alpha value is -2.75. The smallest absolute Gasteiger partial charge is 0.251 e. The highest BCUT2D eigenvalue weighted by atomic mass is 19.1. The Balaban J connectivity index is 2.16. The van der Waals surface area contributed by atoms with Gasteiger partial charge in [-0.25, -0.2) is 9.37 Å². The molecule has 0 radical (unpaired) electrons. The predicted molar refractivity (Wildman–Crippen MR) is 80.4 cm³/mol. The van der Waals surface area contributed by atoms with E-state index < -0.39 is 0 Å². The highest BCUT2D eigenvalue weighted by Crippen LogP contribution is 2.21. The second-order valence-corrected chi connectivity index (χ2v) is 4.86. The van der Waals surface area contributed by atoms with Gasteiger partial charge in [-0.05, 0) is 30.7 Å². The van der Waals surface area contributed by atoms with Crippen LogP contribution in [0.2, 0.25) is 0 Å². The normalized spacial score (nSPS) is 10.6. The highest BCUT2D eigenvalue weighted by Gasteiger charge is 2.07. The third kappa shape index (κ3) is 2.89. The van der Waals surface area contributed by atoms with Crippen LogP contribution in [0.1, 0.15) is 5.56 Å². The number of aromatic nitrogens is 2. The fourth-order valence-electron chi connectivity index (χ4n) is 2.22.